The number of carbonyl (C=O) groups is 1. The molecular weight excluding hydrogens is 266 g/mol. The summed E-state index contributed by atoms with van der Waals surface area (Å²) >= 11 is 0. The molecule has 1 unspecified atom stereocenters. The summed E-state index contributed by atoms with van der Waals surface area (Å²) in [5.41, 5.74) is 0. The van der Waals surface area contributed by atoms with Crippen molar-refractivity contribution in [3.63, 3.8) is 0 Å². The number of carbonyl (C=O) groups excluding carboxylic acids is 1. The van der Waals surface area contributed by atoms with Crippen molar-refractivity contribution in [1.29, 1.82) is 0 Å². The first-order chi connectivity index (χ1) is 10.1. The van der Waals surface area contributed by atoms with Gasteiger partial charge in [0.25, 0.3) is 0 Å². The number of piperidine rings is 1. The third kappa shape index (κ3) is 4.94. The molecule has 122 valence electrons. The van der Waals surface area contributed by atoms with Crippen LogP contribution in [0.4, 0.5) is 0 Å². The van der Waals surface area contributed by atoms with Crippen molar-refractivity contribution in [2.75, 3.05) is 33.7 Å². The summed E-state index contributed by atoms with van der Waals surface area (Å²) in [7, 11) is 3.91. The lowest BCUT2D eigenvalue weighted by Crippen LogP contribution is -2.51. The number of nitrogens with one attached hydrogen (secondary N) is 1. The van der Waals surface area contributed by atoms with Crippen molar-refractivity contribution in [3.8, 4) is 0 Å². The molecule has 1 heterocycles. The fraction of sp³-hybridized carbons (Fsp3) is 0.938. The van der Waals surface area contributed by atoms with Crippen LogP contribution >= 0.6 is 0 Å². The van der Waals surface area contributed by atoms with Gasteiger partial charge < -0.3 is 15.3 Å². The zero-order valence-electron chi connectivity index (χ0n) is 13.6. The minimum atomic E-state index is -0.0888. The van der Waals surface area contributed by atoms with Crippen LogP contribution in [0.5, 0.6) is 0 Å². The van der Waals surface area contributed by atoms with Crippen molar-refractivity contribution in [2.45, 2.75) is 63.1 Å². The largest absolute Gasteiger partial charge is 0.393 e. The molecule has 0 aromatic heterocycles. The van der Waals surface area contributed by atoms with E-state index in [0.29, 0.717) is 18.6 Å². The molecule has 1 amide bonds. The second-order valence-corrected chi connectivity index (χ2v) is 6.70. The molecule has 1 saturated carbocycles. The smallest absolute Gasteiger partial charge is 0.233 e. The van der Waals surface area contributed by atoms with Crippen LogP contribution in [0.25, 0.3) is 0 Å². The predicted molar refractivity (Wildman–Crippen MR) is 84.2 cm³/mol. The molecule has 1 saturated heterocycles. The Hall–Kier alpha value is -0.650. The molecule has 2 rings (SSSR count). The Morgan fingerprint density at radius 3 is 2.62 bits per heavy atom. The van der Waals surface area contributed by atoms with E-state index in [4.69, 9.17) is 0 Å². The molecule has 1 atom stereocenters. The van der Waals surface area contributed by atoms with Gasteiger partial charge in [-0.15, -0.1) is 0 Å². The van der Waals surface area contributed by atoms with Gasteiger partial charge in [-0.2, -0.15) is 0 Å². The van der Waals surface area contributed by atoms with Crippen LogP contribution in [0.2, 0.25) is 0 Å². The molecule has 5 nitrogen and oxygen atoms in total. The molecule has 21 heavy (non-hydrogen) atoms. The lowest BCUT2D eigenvalue weighted by atomic mass is 9.91. The first kappa shape index (κ1) is 16.7. The van der Waals surface area contributed by atoms with Gasteiger partial charge >= 0.3 is 0 Å². The summed E-state index contributed by atoms with van der Waals surface area (Å²) in [5, 5.41) is 12.4. The number of nitrogens with zero attached hydrogens (tertiary/aromatic N) is 2. The van der Waals surface area contributed by atoms with E-state index < -0.39 is 0 Å². The van der Waals surface area contributed by atoms with Gasteiger partial charge in [-0.25, -0.2) is 0 Å². The van der Waals surface area contributed by atoms with E-state index in [1.54, 1.807) is 7.05 Å². The average Bonchev–Trinajstić information content (AvgIpc) is 2.49. The highest BCUT2D eigenvalue weighted by Gasteiger charge is 2.28. The Labute approximate surface area is 128 Å². The fourth-order valence-corrected chi connectivity index (χ4v) is 3.72. The molecule has 0 radical (unpaired) electrons. The number of aliphatic hydroxyl groups is 1. The quantitative estimate of drug-likeness (QED) is 0.789. The number of rotatable bonds is 5. The number of hydrogen-bond donors (Lipinski definition) is 2. The summed E-state index contributed by atoms with van der Waals surface area (Å²) in [4.78, 5) is 16.5. The van der Waals surface area contributed by atoms with E-state index in [1.165, 1.54) is 19.3 Å². The van der Waals surface area contributed by atoms with Gasteiger partial charge in [-0.3, -0.25) is 9.69 Å². The van der Waals surface area contributed by atoms with Crippen molar-refractivity contribution < 1.29 is 9.90 Å². The molecular formula is C16H31N3O2. The van der Waals surface area contributed by atoms with Gasteiger partial charge in [-0.05, 0) is 52.1 Å². The van der Waals surface area contributed by atoms with Gasteiger partial charge in [0.2, 0.25) is 5.91 Å². The molecule has 0 spiro atoms. The van der Waals surface area contributed by atoms with Gasteiger partial charge in [0, 0.05) is 25.7 Å². The zero-order chi connectivity index (χ0) is 15.2. The molecule has 1 aliphatic carbocycles. The average molecular weight is 297 g/mol. The lowest BCUT2D eigenvalue weighted by Gasteiger charge is -2.40. The van der Waals surface area contributed by atoms with Crippen molar-refractivity contribution in [2.24, 2.45) is 0 Å². The number of likely N-dealkylation sites (tertiary alicyclic amines) is 1. The van der Waals surface area contributed by atoms with Crippen LogP contribution in [-0.2, 0) is 4.79 Å². The van der Waals surface area contributed by atoms with E-state index in [9.17, 15) is 9.90 Å². The molecule has 2 N–H and O–H groups in total. The Morgan fingerprint density at radius 1 is 1.24 bits per heavy atom. The van der Waals surface area contributed by atoms with Crippen LogP contribution in [0.15, 0.2) is 0 Å². The molecule has 1 aliphatic heterocycles. The van der Waals surface area contributed by atoms with Crippen molar-refractivity contribution >= 4 is 5.91 Å². The molecule has 0 aromatic rings. The monoisotopic (exact) mass is 297 g/mol. The third-order valence-corrected chi connectivity index (χ3v) is 5.16. The molecule has 2 fully saturated rings. The van der Waals surface area contributed by atoms with Gasteiger partial charge in [0.15, 0.2) is 0 Å². The summed E-state index contributed by atoms with van der Waals surface area (Å²) in [6.07, 6.45) is 7.63. The third-order valence-electron chi connectivity index (χ3n) is 5.16. The Balaban J connectivity index is 1.84. The van der Waals surface area contributed by atoms with Crippen molar-refractivity contribution in [1.82, 2.24) is 15.1 Å². The van der Waals surface area contributed by atoms with Crippen LogP contribution < -0.4 is 5.32 Å². The number of likely N-dealkylation sites (N-methyl/N-ethyl adjacent to an activating group) is 2. The van der Waals surface area contributed by atoms with Crippen LogP contribution in [0, 0.1) is 0 Å². The maximum Gasteiger partial charge on any atom is 0.233 e. The highest BCUT2D eigenvalue weighted by atomic mass is 16.3. The van der Waals surface area contributed by atoms with E-state index in [2.05, 4.69) is 22.2 Å². The summed E-state index contributed by atoms with van der Waals surface area (Å²) in [6.45, 7) is 2.60. The maximum absolute atomic E-state index is 11.7. The zero-order valence-corrected chi connectivity index (χ0v) is 13.6. The maximum atomic E-state index is 11.7. The summed E-state index contributed by atoms with van der Waals surface area (Å²) in [6, 6.07) is 1.09. The van der Waals surface area contributed by atoms with Gasteiger partial charge in [0.05, 0.1) is 12.6 Å². The van der Waals surface area contributed by atoms with E-state index in [0.717, 1.165) is 38.8 Å². The molecule has 0 aromatic carbocycles. The topological polar surface area (TPSA) is 55.8 Å². The highest BCUT2D eigenvalue weighted by molar-refractivity contribution is 5.77. The highest BCUT2D eigenvalue weighted by Crippen LogP contribution is 2.24. The SMILES string of the molecule is CNC(=O)CN1CCCCC1CN(C)C1CCC(O)CC1. The minimum absolute atomic E-state index is 0.0888. The standard InChI is InChI=1S/C16H31N3O2/c1-17-16(21)12-19-10-4-3-5-14(19)11-18(2)13-6-8-15(20)9-7-13/h13-15,20H,3-12H2,1-2H3,(H,17,21). The predicted octanol–water partition coefficient (Wildman–Crippen LogP) is 0.822. The minimum Gasteiger partial charge on any atom is -0.393 e. The van der Waals surface area contributed by atoms with Crippen LogP contribution in [-0.4, -0.2) is 72.7 Å². The first-order valence-electron chi connectivity index (χ1n) is 8.43. The first-order valence-corrected chi connectivity index (χ1v) is 8.43. The Kier molecular flexibility index (Phi) is 6.45. The van der Waals surface area contributed by atoms with Gasteiger partial charge in [-0.1, -0.05) is 6.42 Å². The number of hydrogen-bond acceptors (Lipinski definition) is 4. The molecule has 0 bridgehead atoms. The second-order valence-electron chi connectivity index (χ2n) is 6.70. The fourth-order valence-electron chi connectivity index (χ4n) is 3.72. The number of amides is 1. The molecule has 2 aliphatic rings. The second kappa shape index (κ2) is 8.11. The lowest BCUT2D eigenvalue weighted by molar-refractivity contribution is -0.122. The molecule has 5 heteroatoms. The van der Waals surface area contributed by atoms with Crippen LogP contribution in [0.3, 0.4) is 0 Å². The van der Waals surface area contributed by atoms with E-state index in [-0.39, 0.29) is 12.0 Å². The van der Waals surface area contributed by atoms with Crippen LogP contribution in [0.1, 0.15) is 44.9 Å². The summed E-state index contributed by atoms with van der Waals surface area (Å²) in [5.74, 6) is 0.116. The van der Waals surface area contributed by atoms with E-state index >= 15 is 0 Å². The Morgan fingerprint density at radius 2 is 1.95 bits per heavy atom. The normalized spacial score (nSPS) is 31.3. The van der Waals surface area contributed by atoms with E-state index in [1.807, 2.05) is 0 Å². The number of aliphatic hydroxyl groups excluding tert-OH is 1. The van der Waals surface area contributed by atoms with Gasteiger partial charge in [0.1, 0.15) is 0 Å². The summed E-state index contributed by atoms with van der Waals surface area (Å²) < 4.78 is 0. The Bertz CT molecular complexity index is 329. The van der Waals surface area contributed by atoms with Crippen molar-refractivity contribution in [3.05, 3.63) is 0 Å².